The maximum absolute atomic E-state index is 14.2. The molecule has 2 aromatic rings. The van der Waals surface area contributed by atoms with Crippen LogP contribution in [0.4, 0.5) is 22.4 Å². The van der Waals surface area contributed by atoms with Crippen molar-refractivity contribution in [1.29, 1.82) is 5.41 Å². The molecule has 0 aliphatic heterocycles. The minimum atomic E-state index is -5.08. The molecule has 0 spiro atoms. The second kappa shape index (κ2) is 15.5. The lowest BCUT2D eigenvalue weighted by Gasteiger charge is -2.30. The highest BCUT2D eigenvalue weighted by Gasteiger charge is 2.38. The summed E-state index contributed by atoms with van der Waals surface area (Å²) in [6, 6.07) is 6.44. The number of carbonyl (C=O) groups excluding carboxylic acids is 2. The van der Waals surface area contributed by atoms with E-state index in [1.54, 1.807) is 11.0 Å². The van der Waals surface area contributed by atoms with Gasteiger partial charge in [-0.3, -0.25) is 10.2 Å². The lowest BCUT2D eigenvalue weighted by molar-refractivity contribution is -0.192. The fourth-order valence-corrected chi connectivity index (χ4v) is 4.09. The number of hydrogen-bond acceptors (Lipinski definition) is 7. The number of nitrogen functional groups attached to an aromatic ring is 1. The number of carboxylic acids is 2. The van der Waals surface area contributed by atoms with Crippen molar-refractivity contribution in [1.82, 2.24) is 9.80 Å². The highest BCUT2D eigenvalue weighted by molar-refractivity contribution is 7.13. The molecule has 1 heterocycles. The number of nitrogens with zero attached hydrogens (tertiary/aromatic N) is 2. The van der Waals surface area contributed by atoms with Gasteiger partial charge in [0.1, 0.15) is 17.3 Å². The molecule has 0 aliphatic carbocycles. The van der Waals surface area contributed by atoms with Crippen molar-refractivity contribution in [2.45, 2.75) is 39.9 Å². The third-order valence-electron chi connectivity index (χ3n) is 4.84. The monoisotopic (exact) mass is 606 g/mol. The van der Waals surface area contributed by atoms with Crippen LogP contribution in [0.25, 0.3) is 0 Å². The number of nitrogens with two attached hydrogens (primary N) is 1. The number of benzene rings is 1. The van der Waals surface area contributed by atoms with Gasteiger partial charge in [-0.2, -0.15) is 13.2 Å². The van der Waals surface area contributed by atoms with Crippen molar-refractivity contribution in [2.24, 2.45) is 11.7 Å². The molecular formula is C25H30F4N4O7S. The van der Waals surface area contributed by atoms with Gasteiger partial charge in [-0.15, -0.1) is 11.3 Å². The average Bonchev–Trinajstić information content (AvgIpc) is 3.32. The van der Waals surface area contributed by atoms with Gasteiger partial charge in [0.05, 0.1) is 6.54 Å². The summed E-state index contributed by atoms with van der Waals surface area (Å²) in [5.41, 5.74) is 5.50. The number of halogens is 4. The topological polar surface area (TPSA) is 174 Å². The Morgan fingerprint density at radius 2 is 1.71 bits per heavy atom. The smallest absolute Gasteiger partial charge is 0.480 e. The number of urea groups is 1. The molecule has 41 heavy (non-hydrogen) atoms. The molecule has 2 rings (SSSR count). The molecule has 0 unspecified atom stereocenters. The molecule has 1 aromatic heterocycles. The molecule has 0 radical (unpaired) electrons. The van der Waals surface area contributed by atoms with Gasteiger partial charge < -0.3 is 30.5 Å². The number of amides is 2. The first-order chi connectivity index (χ1) is 19.0. The molecule has 0 fully saturated rings. The number of aliphatic carboxylic acids is 2. The van der Waals surface area contributed by atoms with Crippen LogP contribution in [0.15, 0.2) is 30.3 Å². The Bertz CT molecular complexity index is 1250. The van der Waals surface area contributed by atoms with Gasteiger partial charge in [0.15, 0.2) is 11.6 Å². The normalized spacial score (nSPS) is 10.8. The van der Waals surface area contributed by atoms with E-state index in [0.717, 1.165) is 17.4 Å². The number of nitrogens with one attached hydrogen (secondary N) is 1. The summed E-state index contributed by atoms with van der Waals surface area (Å²) in [6.07, 6.45) is -4.46. The van der Waals surface area contributed by atoms with E-state index in [1.807, 2.05) is 20.8 Å². The average molecular weight is 607 g/mol. The number of alkyl halides is 3. The van der Waals surface area contributed by atoms with Crippen molar-refractivity contribution >= 4 is 41.1 Å². The van der Waals surface area contributed by atoms with E-state index >= 15 is 0 Å². The first-order valence-electron chi connectivity index (χ1n) is 12.0. The van der Waals surface area contributed by atoms with Crippen LogP contribution >= 0.6 is 11.3 Å². The Kier molecular flexibility index (Phi) is 13.2. The first kappa shape index (κ1) is 34.8. The van der Waals surface area contributed by atoms with Crippen LogP contribution in [0.3, 0.4) is 0 Å². The second-order valence-corrected chi connectivity index (χ2v) is 10.1. The summed E-state index contributed by atoms with van der Waals surface area (Å²) in [5.74, 6) is -5.87. The van der Waals surface area contributed by atoms with E-state index in [4.69, 9.17) is 30.9 Å². The fraction of sp³-hybridized carbons (Fsp3) is 0.400. The summed E-state index contributed by atoms with van der Waals surface area (Å²) in [5, 5.41) is 23.6. The summed E-state index contributed by atoms with van der Waals surface area (Å²) in [7, 11) is 0. The molecule has 0 bridgehead atoms. The Labute approximate surface area is 236 Å². The molecule has 2 amide bonds. The third kappa shape index (κ3) is 11.8. The molecule has 0 aliphatic rings. The van der Waals surface area contributed by atoms with Gasteiger partial charge in [-0.1, -0.05) is 20.8 Å². The highest BCUT2D eigenvalue weighted by Crippen LogP contribution is 2.24. The summed E-state index contributed by atoms with van der Waals surface area (Å²) >= 11 is 1.11. The lowest BCUT2D eigenvalue weighted by Crippen LogP contribution is -2.46. The Hall–Kier alpha value is -4.21. The lowest BCUT2D eigenvalue weighted by atomic mass is 10.2. The van der Waals surface area contributed by atoms with Crippen molar-refractivity contribution < 1.29 is 51.7 Å². The number of thiophene rings is 1. The van der Waals surface area contributed by atoms with E-state index in [2.05, 4.69) is 0 Å². The largest absolute Gasteiger partial charge is 0.490 e. The predicted octanol–water partition coefficient (Wildman–Crippen LogP) is 4.40. The Morgan fingerprint density at radius 1 is 1.10 bits per heavy atom. The number of rotatable bonds is 11. The first-order valence-corrected chi connectivity index (χ1v) is 12.8. The van der Waals surface area contributed by atoms with Crippen molar-refractivity contribution in [3.8, 4) is 5.75 Å². The molecular weight excluding hydrogens is 576 g/mol. The van der Waals surface area contributed by atoms with E-state index in [9.17, 15) is 31.9 Å². The summed E-state index contributed by atoms with van der Waals surface area (Å²) < 4.78 is 51.1. The molecule has 1 aromatic carbocycles. The molecule has 16 heteroatoms. The summed E-state index contributed by atoms with van der Waals surface area (Å²) in [6.45, 7) is 6.28. The number of amidine groups is 1. The van der Waals surface area contributed by atoms with Crippen molar-refractivity contribution in [2.75, 3.05) is 19.6 Å². The number of carboxylic acid groups (broad SMARTS) is 2. The van der Waals surface area contributed by atoms with Crippen molar-refractivity contribution in [3.63, 3.8) is 0 Å². The van der Waals surface area contributed by atoms with Crippen LogP contribution in [0, 0.1) is 17.1 Å². The number of esters is 1. The van der Waals surface area contributed by atoms with Gasteiger partial charge in [0, 0.05) is 23.5 Å². The van der Waals surface area contributed by atoms with Crippen LogP contribution in [0.5, 0.6) is 5.75 Å². The number of hydrogen-bond donors (Lipinski definition) is 4. The minimum absolute atomic E-state index is 0.141. The molecule has 0 saturated carbocycles. The molecule has 0 atom stereocenters. The standard InChI is InChI=1S/C23H29FN4O5S.C2HF3O2/c1-4-9-27(13-20(29)30)23(32)28(11-14(2)3)12-16-6-8-19(34-16)22(31)33-18-7-5-15(21(25)26)10-17(18)24;3-2(4,5)1(6)7/h5-8,10,14H,4,9,11-13H2,1-3H3,(H3,25,26)(H,29,30);(H,6,7). The van der Waals surface area contributed by atoms with Gasteiger partial charge in [-0.25, -0.2) is 18.8 Å². The molecule has 226 valence electrons. The molecule has 0 saturated heterocycles. The van der Waals surface area contributed by atoms with E-state index in [1.165, 1.54) is 23.1 Å². The van der Waals surface area contributed by atoms with E-state index < -0.39 is 36.4 Å². The molecule has 11 nitrogen and oxygen atoms in total. The SMILES string of the molecule is CCCN(CC(=O)O)C(=O)N(Cc1ccc(C(=O)Oc2ccc(C(=N)N)cc2F)s1)CC(C)C.O=C(O)C(F)(F)F. The van der Waals surface area contributed by atoms with Crippen LogP contribution in [0.2, 0.25) is 0 Å². The van der Waals surface area contributed by atoms with Crippen LogP contribution in [-0.4, -0.2) is 75.6 Å². The van der Waals surface area contributed by atoms with Crippen LogP contribution in [0.1, 0.15) is 47.3 Å². The third-order valence-corrected chi connectivity index (χ3v) is 5.89. The zero-order valence-corrected chi connectivity index (χ0v) is 23.1. The fourth-order valence-electron chi connectivity index (χ4n) is 3.19. The predicted molar refractivity (Wildman–Crippen MR) is 141 cm³/mol. The van der Waals surface area contributed by atoms with E-state index in [-0.39, 0.29) is 40.5 Å². The van der Waals surface area contributed by atoms with Crippen LogP contribution in [-0.2, 0) is 16.1 Å². The minimum Gasteiger partial charge on any atom is -0.480 e. The zero-order valence-electron chi connectivity index (χ0n) is 22.3. The van der Waals surface area contributed by atoms with Gasteiger partial charge >= 0.3 is 30.1 Å². The Morgan fingerprint density at radius 3 is 2.17 bits per heavy atom. The zero-order chi connectivity index (χ0) is 31.5. The summed E-state index contributed by atoms with van der Waals surface area (Å²) in [4.78, 5) is 49.4. The maximum Gasteiger partial charge on any atom is 0.490 e. The van der Waals surface area contributed by atoms with Crippen LogP contribution < -0.4 is 10.5 Å². The quantitative estimate of drug-likeness (QED) is 0.0957. The van der Waals surface area contributed by atoms with Gasteiger partial charge in [0.25, 0.3) is 0 Å². The maximum atomic E-state index is 14.2. The van der Waals surface area contributed by atoms with Gasteiger partial charge in [0.2, 0.25) is 0 Å². The number of carbonyl (C=O) groups is 4. The number of ether oxygens (including phenoxy) is 1. The van der Waals surface area contributed by atoms with E-state index in [0.29, 0.717) is 24.4 Å². The Balaban J connectivity index is 0.00000106. The van der Waals surface area contributed by atoms with Gasteiger partial charge in [-0.05, 0) is 42.7 Å². The second-order valence-electron chi connectivity index (χ2n) is 8.89. The highest BCUT2D eigenvalue weighted by atomic mass is 32.1. The molecule has 5 N–H and O–H groups in total. The van der Waals surface area contributed by atoms with Crippen molar-refractivity contribution in [3.05, 3.63) is 51.5 Å².